The van der Waals surface area contributed by atoms with Crippen LogP contribution in [0.1, 0.15) is 11.1 Å². The Kier molecular flexibility index (Phi) is 4.43. The van der Waals surface area contributed by atoms with Crippen molar-refractivity contribution in [2.45, 2.75) is 20.4 Å². The van der Waals surface area contributed by atoms with E-state index >= 15 is 0 Å². The number of para-hydroxylation sites is 1. The van der Waals surface area contributed by atoms with Crippen molar-refractivity contribution in [3.05, 3.63) is 47.5 Å². The molecule has 4 aromatic rings. The van der Waals surface area contributed by atoms with Gasteiger partial charge in [-0.3, -0.25) is 4.79 Å². The van der Waals surface area contributed by atoms with E-state index in [-0.39, 0.29) is 12.5 Å². The van der Waals surface area contributed by atoms with E-state index in [1.54, 1.807) is 16.0 Å². The van der Waals surface area contributed by atoms with E-state index < -0.39 is 0 Å². The van der Waals surface area contributed by atoms with Gasteiger partial charge in [0.05, 0.1) is 15.7 Å². The summed E-state index contributed by atoms with van der Waals surface area (Å²) in [5.41, 5.74) is 5.32. The second-order valence-corrected chi connectivity index (χ2v) is 8.46. The van der Waals surface area contributed by atoms with Gasteiger partial charge in [0.1, 0.15) is 12.1 Å². The summed E-state index contributed by atoms with van der Waals surface area (Å²) >= 11 is 1.73. The van der Waals surface area contributed by atoms with Crippen molar-refractivity contribution in [2.75, 3.05) is 31.1 Å². The van der Waals surface area contributed by atoms with E-state index in [9.17, 15) is 4.79 Å². The molecule has 0 unspecified atom stereocenters. The number of hydrogen-bond donors (Lipinski definition) is 0. The zero-order chi connectivity index (χ0) is 20.0. The van der Waals surface area contributed by atoms with Crippen molar-refractivity contribution in [3.8, 4) is 0 Å². The number of piperazine rings is 1. The van der Waals surface area contributed by atoms with Crippen molar-refractivity contribution in [2.24, 2.45) is 0 Å². The van der Waals surface area contributed by atoms with Gasteiger partial charge in [-0.05, 0) is 43.2 Å². The lowest BCUT2D eigenvalue weighted by Gasteiger charge is -2.34. The van der Waals surface area contributed by atoms with Crippen LogP contribution in [0.5, 0.6) is 0 Å². The van der Waals surface area contributed by atoms with Crippen LogP contribution in [0.3, 0.4) is 0 Å². The van der Waals surface area contributed by atoms with Gasteiger partial charge in [0.25, 0.3) is 0 Å². The predicted molar refractivity (Wildman–Crippen MR) is 115 cm³/mol. The average Bonchev–Trinajstić information content (AvgIpc) is 3.36. The largest absolute Gasteiger partial charge is 0.345 e. The third-order valence-corrected chi connectivity index (χ3v) is 6.76. The molecule has 7 nitrogen and oxygen atoms in total. The Bertz CT molecular complexity index is 1200. The molecule has 1 aliphatic heterocycles. The highest BCUT2D eigenvalue weighted by Crippen LogP contribution is 2.32. The second-order valence-electron chi connectivity index (χ2n) is 7.45. The third kappa shape index (κ3) is 3.23. The summed E-state index contributed by atoms with van der Waals surface area (Å²) in [6.45, 7) is 7.45. The molecule has 3 heterocycles. The smallest absolute Gasteiger partial charge is 0.244 e. The highest BCUT2D eigenvalue weighted by molar-refractivity contribution is 7.22. The molecule has 0 aliphatic carbocycles. The Labute approximate surface area is 172 Å². The summed E-state index contributed by atoms with van der Waals surface area (Å²) in [6.07, 6.45) is 0. The molecule has 2 aromatic carbocycles. The molecule has 0 saturated carbocycles. The van der Waals surface area contributed by atoms with Crippen LogP contribution in [0.4, 0.5) is 5.13 Å². The number of amides is 1. The monoisotopic (exact) mass is 406 g/mol. The number of benzene rings is 2. The van der Waals surface area contributed by atoms with Gasteiger partial charge in [-0.25, -0.2) is 9.67 Å². The molecular weight excluding hydrogens is 384 g/mol. The topological polar surface area (TPSA) is 67.2 Å². The van der Waals surface area contributed by atoms with E-state index in [4.69, 9.17) is 4.98 Å². The molecule has 1 saturated heterocycles. The van der Waals surface area contributed by atoms with Crippen LogP contribution in [0, 0.1) is 13.8 Å². The molecular formula is C21H22N6OS. The van der Waals surface area contributed by atoms with E-state index in [0.717, 1.165) is 34.8 Å². The van der Waals surface area contributed by atoms with Crippen LogP contribution >= 0.6 is 11.3 Å². The summed E-state index contributed by atoms with van der Waals surface area (Å²) < 4.78 is 2.91. The normalized spacial score (nSPS) is 14.8. The number of thiazole rings is 1. The maximum atomic E-state index is 12.8. The van der Waals surface area contributed by atoms with Crippen LogP contribution < -0.4 is 4.90 Å². The summed E-state index contributed by atoms with van der Waals surface area (Å²) in [4.78, 5) is 21.9. The first-order valence-corrected chi connectivity index (χ1v) is 10.6. The molecule has 1 amide bonds. The summed E-state index contributed by atoms with van der Waals surface area (Å²) in [5.74, 6) is 0.0797. The Morgan fingerprint density at radius 3 is 2.69 bits per heavy atom. The quantitative estimate of drug-likeness (QED) is 0.523. The van der Waals surface area contributed by atoms with Gasteiger partial charge in [0.15, 0.2) is 5.13 Å². The molecule has 0 radical (unpaired) electrons. The van der Waals surface area contributed by atoms with Crippen molar-refractivity contribution >= 4 is 43.6 Å². The van der Waals surface area contributed by atoms with Crippen molar-refractivity contribution in [1.82, 2.24) is 24.9 Å². The number of hydrogen-bond acceptors (Lipinski definition) is 6. The van der Waals surface area contributed by atoms with Gasteiger partial charge in [0.2, 0.25) is 5.91 Å². The Morgan fingerprint density at radius 1 is 1.07 bits per heavy atom. The van der Waals surface area contributed by atoms with Gasteiger partial charge in [0, 0.05) is 26.2 Å². The molecule has 0 atom stereocenters. The van der Waals surface area contributed by atoms with Crippen molar-refractivity contribution < 1.29 is 4.79 Å². The maximum absolute atomic E-state index is 12.8. The summed E-state index contributed by atoms with van der Waals surface area (Å²) in [5, 5.41) is 9.31. The number of fused-ring (bicyclic) bond motifs is 2. The lowest BCUT2D eigenvalue weighted by atomic mass is 10.1. The summed E-state index contributed by atoms with van der Waals surface area (Å²) in [7, 11) is 0. The highest BCUT2D eigenvalue weighted by atomic mass is 32.1. The van der Waals surface area contributed by atoms with Crippen LogP contribution in [0.15, 0.2) is 36.4 Å². The minimum Gasteiger partial charge on any atom is -0.345 e. The number of carbonyl (C=O) groups is 1. The average molecular weight is 407 g/mol. The molecule has 0 bridgehead atoms. The first-order valence-electron chi connectivity index (χ1n) is 9.78. The Morgan fingerprint density at radius 2 is 1.86 bits per heavy atom. The Hall–Kier alpha value is -3.00. The number of aromatic nitrogens is 4. The van der Waals surface area contributed by atoms with Gasteiger partial charge >= 0.3 is 0 Å². The van der Waals surface area contributed by atoms with E-state index in [1.807, 2.05) is 29.2 Å². The molecule has 29 heavy (non-hydrogen) atoms. The number of aryl methyl sites for hydroxylation is 2. The number of anilines is 1. The Balaban J connectivity index is 1.26. The molecule has 2 aromatic heterocycles. The van der Waals surface area contributed by atoms with E-state index in [1.165, 1.54) is 15.8 Å². The third-order valence-electron chi connectivity index (χ3n) is 5.68. The van der Waals surface area contributed by atoms with Crippen molar-refractivity contribution in [1.29, 1.82) is 0 Å². The molecule has 1 fully saturated rings. The summed E-state index contributed by atoms with van der Waals surface area (Å²) in [6, 6.07) is 12.0. The minimum absolute atomic E-state index is 0.0797. The number of rotatable bonds is 3. The fraction of sp³-hybridized carbons (Fsp3) is 0.333. The van der Waals surface area contributed by atoms with Gasteiger partial charge in [-0.2, -0.15) is 0 Å². The van der Waals surface area contributed by atoms with Crippen LogP contribution in [0.25, 0.3) is 21.3 Å². The number of nitrogens with zero attached hydrogens (tertiary/aromatic N) is 6. The van der Waals surface area contributed by atoms with E-state index in [0.29, 0.717) is 13.1 Å². The van der Waals surface area contributed by atoms with E-state index in [2.05, 4.69) is 41.2 Å². The molecule has 5 rings (SSSR count). The minimum atomic E-state index is 0.0797. The van der Waals surface area contributed by atoms with Gasteiger partial charge in [-0.15, -0.1) is 5.10 Å². The standard InChI is InChI=1S/C21H22N6OS/c1-14-7-8-18-20(15(14)2)22-21(29-18)26-11-9-25(10-12-26)19(28)13-27-17-6-4-3-5-16(17)23-24-27/h3-8H,9-13H2,1-2H3. The first-order chi connectivity index (χ1) is 14.1. The molecule has 148 valence electrons. The predicted octanol–water partition coefficient (Wildman–Crippen LogP) is 3.01. The molecule has 8 heteroatoms. The van der Waals surface area contributed by atoms with Crippen LogP contribution in [-0.2, 0) is 11.3 Å². The maximum Gasteiger partial charge on any atom is 0.244 e. The van der Waals surface area contributed by atoms with Gasteiger partial charge < -0.3 is 9.80 Å². The first kappa shape index (κ1) is 18.1. The highest BCUT2D eigenvalue weighted by Gasteiger charge is 2.24. The fourth-order valence-corrected chi connectivity index (χ4v) is 4.84. The molecule has 1 aliphatic rings. The van der Waals surface area contributed by atoms with Gasteiger partial charge in [-0.1, -0.05) is 34.7 Å². The fourth-order valence-electron chi connectivity index (χ4n) is 3.76. The van der Waals surface area contributed by atoms with Crippen LogP contribution in [-0.4, -0.2) is 57.0 Å². The lowest BCUT2D eigenvalue weighted by Crippen LogP contribution is -2.49. The van der Waals surface area contributed by atoms with Crippen LogP contribution in [0.2, 0.25) is 0 Å². The zero-order valence-corrected chi connectivity index (χ0v) is 17.3. The molecule has 0 spiro atoms. The second kappa shape index (κ2) is 7.11. The number of carbonyl (C=O) groups excluding carboxylic acids is 1. The lowest BCUT2D eigenvalue weighted by molar-refractivity contribution is -0.132. The van der Waals surface area contributed by atoms with Crippen molar-refractivity contribution in [3.63, 3.8) is 0 Å². The SMILES string of the molecule is Cc1ccc2sc(N3CCN(C(=O)Cn4nnc5ccccc54)CC3)nc2c1C. The zero-order valence-electron chi connectivity index (χ0n) is 16.5. The molecule has 0 N–H and O–H groups in total.